The molecule has 3 nitrogen and oxygen atoms in total. The first kappa shape index (κ1) is 15.1. The molecule has 1 aromatic heterocycles. The van der Waals surface area contributed by atoms with E-state index in [4.69, 9.17) is 0 Å². The van der Waals surface area contributed by atoms with Gasteiger partial charge >= 0.3 is 0 Å². The van der Waals surface area contributed by atoms with Crippen LogP contribution in [0.25, 0.3) is 34.2 Å². The first-order valence-electron chi connectivity index (χ1n) is 7.93. The molecular formula is C21H14FN3. The highest BCUT2D eigenvalue weighted by Crippen LogP contribution is 2.25. The molecule has 0 atom stereocenters. The standard InChI is InChI=1S/C21H14FN3/c22-18-14-8-7-13-17(18)21-24-19(15-9-3-1-4-10-15)23-20(25-21)16-11-5-2-6-12-16/h1-14H. The summed E-state index contributed by atoms with van der Waals surface area (Å²) < 4.78 is 14.2. The Kier molecular flexibility index (Phi) is 4.01. The number of hydrogen-bond donors (Lipinski definition) is 0. The molecule has 0 N–H and O–H groups in total. The Hall–Kier alpha value is -3.40. The number of aromatic nitrogens is 3. The number of rotatable bonds is 3. The molecule has 0 unspecified atom stereocenters. The van der Waals surface area contributed by atoms with Gasteiger partial charge < -0.3 is 0 Å². The van der Waals surface area contributed by atoms with E-state index in [1.165, 1.54) is 6.07 Å². The molecule has 0 spiro atoms. The van der Waals surface area contributed by atoms with Crippen LogP contribution in [-0.2, 0) is 0 Å². The van der Waals surface area contributed by atoms with Gasteiger partial charge in [0.2, 0.25) is 0 Å². The summed E-state index contributed by atoms with van der Waals surface area (Å²) in [7, 11) is 0. The molecule has 0 aliphatic heterocycles. The van der Waals surface area contributed by atoms with Crippen LogP contribution in [0.15, 0.2) is 84.9 Å². The van der Waals surface area contributed by atoms with Crippen LogP contribution in [0, 0.1) is 5.82 Å². The maximum absolute atomic E-state index is 14.2. The van der Waals surface area contributed by atoms with Crippen LogP contribution >= 0.6 is 0 Å². The lowest BCUT2D eigenvalue weighted by atomic mass is 10.1. The second kappa shape index (κ2) is 6.61. The Morgan fingerprint density at radius 1 is 0.480 bits per heavy atom. The number of hydrogen-bond acceptors (Lipinski definition) is 3. The van der Waals surface area contributed by atoms with Gasteiger partial charge in [-0.1, -0.05) is 72.8 Å². The van der Waals surface area contributed by atoms with Gasteiger partial charge in [0, 0.05) is 11.1 Å². The highest BCUT2D eigenvalue weighted by molar-refractivity contribution is 5.66. The van der Waals surface area contributed by atoms with Crippen molar-refractivity contribution in [2.24, 2.45) is 0 Å². The average Bonchev–Trinajstić information content (AvgIpc) is 2.69. The molecule has 0 aliphatic carbocycles. The van der Waals surface area contributed by atoms with E-state index in [-0.39, 0.29) is 5.82 Å². The van der Waals surface area contributed by atoms with E-state index in [0.29, 0.717) is 23.0 Å². The summed E-state index contributed by atoms with van der Waals surface area (Å²) in [5, 5.41) is 0. The smallest absolute Gasteiger partial charge is 0.167 e. The van der Waals surface area contributed by atoms with Gasteiger partial charge in [0.25, 0.3) is 0 Å². The van der Waals surface area contributed by atoms with Crippen molar-refractivity contribution in [3.05, 3.63) is 90.7 Å². The highest BCUT2D eigenvalue weighted by atomic mass is 19.1. The number of halogens is 1. The van der Waals surface area contributed by atoms with Crippen LogP contribution in [0.3, 0.4) is 0 Å². The van der Waals surface area contributed by atoms with Crippen molar-refractivity contribution in [1.82, 2.24) is 15.0 Å². The van der Waals surface area contributed by atoms with Crippen molar-refractivity contribution in [3.63, 3.8) is 0 Å². The van der Waals surface area contributed by atoms with E-state index in [1.54, 1.807) is 18.2 Å². The Bertz CT molecular complexity index is 944. The van der Waals surface area contributed by atoms with Gasteiger partial charge in [-0.25, -0.2) is 19.3 Å². The minimum atomic E-state index is -0.355. The van der Waals surface area contributed by atoms with Crippen LogP contribution in [0.5, 0.6) is 0 Å². The van der Waals surface area contributed by atoms with Crippen molar-refractivity contribution < 1.29 is 4.39 Å². The summed E-state index contributed by atoms with van der Waals surface area (Å²) in [6.45, 7) is 0. The van der Waals surface area contributed by atoms with Crippen molar-refractivity contribution in [3.8, 4) is 34.2 Å². The minimum absolute atomic E-state index is 0.325. The molecule has 120 valence electrons. The van der Waals surface area contributed by atoms with Gasteiger partial charge in [0.05, 0.1) is 5.56 Å². The van der Waals surface area contributed by atoms with Crippen LogP contribution in [0.1, 0.15) is 0 Å². The van der Waals surface area contributed by atoms with Crippen molar-refractivity contribution >= 4 is 0 Å². The summed E-state index contributed by atoms with van der Waals surface area (Å²) in [6, 6.07) is 25.7. The molecule has 0 aliphatic rings. The second-order valence-electron chi connectivity index (χ2n) is 5.52. The Morgan fingerprint density at radius 3 is 1.44 bits per heavy atom. The van der Waals surface area contributed by atoms with Gasteiger partial charge in [-0.05, 0) is 12.1 Å². The van der Waals surface area contributed by atoms with E-state index in [0.717, 1.165) is 11.1 Å². The fraction of sp³-hybridized carbons (Fsp3) is 0. The quantitative estimate of drug-likeness (QED) is 0.531. The molecule has 1 heterocycles. The molecule has 4 rings (SSSR count). The summed E-state index contributed by atoms with van der Waals surface area (Å²) in [6.07, 6.45) is 0. The predicted octanol–water partition coefficient (Wildman–Crippen LogP) is 5.01. The topological polar surface area (TPSA) is 38.7 Å². The van der Waals surface area contributed by atoms with Crippen LogP contribution in [0.4, 0.5) is 4.39 Å². The zero-order chi connectivity index (χ0) is 17.1. The molecule has 0 fully saturated rings. The van der Waals surface area contributed by atoms with E-state index >= 15 is 0 Å². The van der Waals surface area contributed by atoms with Crippen LogP contribution in [-0.4, -0.2) is 15.0 Å². The van der Waals surface area contributed by atoms with E-state index < -0.39 is 0 Å². The lowest BCUT2D eigenvalue weighted by Crippen LogP contribution is -2.01. The molecule has 4 aromatic rings. The van der Waals surface area contributed by atoms with Gasteiger partial charge in [-0.3, -0.25) is 0 Å². The summed E-state index contributed by atoms with van der Waals surface area (Å²) in [4.78, 5) is 13.6. The fourth-order valence-electron chi connectivity index (χ4n) is 2.57. The maximum atomic E-state index is 14.2. The van der Waals surface area contributed by atoms with Crippen LogP contribution < -0.4 is 0 Å². The Morgan fingerprint density at radius 2 is 0.920 bits per heavy atom. The molecule has 0 radical (unpaired) electrons. The SMILES string of the molecule is Fc1ccccc1-c1nc(-c2ccccc2)nc(-c2ccccc2)n1. The summed E-state index contributed by atoms with van der Waals surface area (Å²) >= 11 is 0. The second-order valence-corrected chi connectivity index (χ2v) is 5.52. The molecule has 3 aromatic carbocycles. The monoisotopic (exact) mass is 327 g/mol. The maximum Gasteiger partial charge on any atom is 0.167 e. The van der Waals surface area contributed by atoms with E-state index in [2.05, 4.69) is 15.0 Å². The molecule has 0 saturated carbocycles. The third-order valence-corrected chi connectivity index (χ3v) is 3.81. The molecule has 0 amide bonds. The number of nitrogens with zero attached hydrogens (tertiary/aromatic N) is 3. The molecule has 25 heavy (non-hydrogen) atoms. The van der Waals surface area contributed by atoms with E-state index in [9.17, 15) is 4.39 Å². The van der Waals surface area contributed by atoms with Crippen LogP contribution in [0.2, 0.25) is 0 Å². The summed E-state index contributed by atoms with van der Waals surface area (Å²) in [5.74, 6) is 1.01. The average molecular weight is 327 g/mol. The van der Waals surface area contributed by atoms with E-state index in [1.807, 2.05) is 60.7 Å². The van der Waals surface area contributed by atoms with Gasteiger partial charge in [-0.15, -0.1) is 0 Å². The predicted molar refractivity (Wildman–Crippen MR) is 96.1 cm³/mol. The summed E-state index contributed by atoms with van der Waals surface area (Å²) in [5.41, 5.74) is 2.08. The third kappa shape index (κ3) is 3.15. The van der Waals surface area contributed by atoms with Gasteiger partial charge in [0.15, 0.2) is 17.5 Å². The fourth-order valence-corrected chi connectivity index (χ4v) is 2.57. The number of benzene rings is 3. The lowest BCUT2D eigenvalue weighted by Gasteiger charge is -2.08. The Balaban J connectivity index is 1.94. The normalized spacial score (nSPS) is 10.6. The van der Waals surface area contributed by atoms with Gasteiger partial charge in [0.1, 0.15) is 5.82 Å². The Labute approximate surface area is 144 Å². The van der Waals surface area contributed by atoms with Crippen molar-refractivity contribution in [2.75, 3.05) is 0 Å². The minimum Gasteiger partial charge on any atom is -0.208 e. The van der Waals surface area contributed by atoms with Gasteiger partial charge in [-0.2, -0.15) is 0 Å². The molecule has 4 heteroatoms. The zero-order valence-electron chi connectivity index (χ0n) is 13.3. The largest absolute Gasteiger partial charge is 0.208 e. The van der Waals surface area contributed by atoms with Crippen molar-refractivity contribution in [1.29, 1.82) is 0 Å². The van der Waals surface area contributed by atoms with Crippen molar-refractivity contribution in [2.45, 2.75) is 0 Å². The third-order valence-electron chi connectivity index (χ3n) is 3.81. The molecular weight excluding hydrogens is 313 g/mol. The molecule has 0 bridgehead atoms. The molecule has 0 saturated heterocycles. The highest BCUT2D eigenvalue weighted by Gasteiger charge is 2.14. The zero-order valence-corrected chi connectivity index (χ0v) is 13.3. The first-order valence-corrected chi connectivity index (χ1v) is 7.93. The first-order chi connectivity index (χ1) is 12.3. The lowest BCUT2D eigenvalue weighted by molar-refractivity contribution is 0.630.